The molecule has 0 saturated carbocycles. The molecule has 0 unspecified atom stereocenters. The topological polar surface area (TPSA) is 38.3 Å². The Balaban J connectivity index is 1.81. The van der Waals surface area contributed by atoms with Gasteiger partial charge in [-0.3, -0.25) is 4.79 Å². The summed E-state index contributed by atoms with van der Waals surface area (Å²) >= 11 is 7.79. The normalized spacial score (nSPS) is 10.3. The summed E-state index contributed by atoms with van der Waals surface area (Å²) in [5.74, 6) is 1.29. The lowest BCUT2D eigenvalue weighted by atomic mass is 10.2. The van der Waals surface area contributed by atoms with Gasteiger partial charge in [-0.15, -0.1) is 11.8 Å². The van der Waals surface area contributed by atoms with Crippen molar-refractivity contribution in [3.63, 3.8) is 0 Å². The molecule has 2 rings (SSSR count). The molecule has 116 valence electrons. The number of carbonyl (C=O) groups is 1. The van der Waals surface area contributed by atoms with Crippen molar-refractivity contribution in [1.82, 2.24) is 5.32 Å². The van der Waals surface area contributed by atoms with E-state index in [0.29, 0.717) is 29.5 Å². The number of halogens is 1. The summed E-state index contributed by atoms with van der Waals surface area (Å²) in [7, 11) is 0. The maximum atomic E-state index is 12.1. The predicted octanol–water partition coefficient (Wildman–Crippen LogP) is 4.26. The van der Waals surface area contributed by atoms with Crippen LogP contribution in [0.1, 0.15) is 17.3 Å². The van der Waals surface area contributed by atoms with Gasteiger partial charge in [-0.2, -0.15) is 0 Å². The lowest BCUT2D eigenvalue weighted by molar-refractivity contribution is 0.0956. The number of carbonyl (C=O) groups excluding carboxylic acids is 1. The molecule has 0 aromatic heterocycles. The first-order chi connectivity index (χ1) is 10.7. The molecule has 0 radical (unpaired) electrons. The van der Waals surface area contributed by atoms with Gasteiger partial charge in [0, 0.05) is 22.8 Å². The van der Waals surface area contributed by atoms with Crippen molar-refractivity contribution in [2.24, 2.45) is 0 Å². The van der Waals surface area contributed by atoms with Gasteiger partial charge in [0.15, 0.2) is 0 Å². The van der Waals surface area contributed by atoms with Crippen LogP contribution in [0.2, 0.25) is 5.02 Å². The summed E-state index contributed by atoms with van der Waals surface area (Å²) in [5, 5.41) is 3.34. The van der Waals surface area contributed by atoms with E-state index in [1.54, 1.807) is 30.0 Å². The maximum absolute atomic E-state index is 12.1. The molecule has 0 saturated heterocycles. The van der Waals surface area contributed by atoms with Gasteiger partial charge in [-0.1, -0.05) is 29.8 Å². The van der Waals surface area contributed by atoms with Crippen LogP contribution < -0.4 is 10.1 Å². The van der Waals surface area contributed by atoms with E-state index in [1.165, 1.54) is 4.90 Å². The van der Waals surface area contributed by atoms with E-state index in [-0.39, 0.29) is 5.91 Å². The lowest BCUT2D eigenvalue weighted by Gasteiger charge is -2.08. The second-order valence-electron chi connectivity index (χ2n) is 4.50. The molecule has 0 spiro atoms. The monoisotopic (exact) mass is 335 g/mol. The van der Waals surface area contributed by atoms with Crippen LogP contribution >= 0.6 is 23.4 Å². The average Bonchev–Trinajstić information content (AvgIpc) is 2.54. The van der Waals surface area contributed by atoms with E-state index in [4.69, 9.17) is 16.3 Å². The number of hydrogen-bond acceptors (Lipinski definition) is 3. The molecule has 2 aromatic rings. The Morgan fingerprint density at radius 2 is 2.00 bits per heavy atom. The Bertz CT molecular complexity index is 619. The Morgan fingerprint density at radius 3 is 2.68 bits per heavy atom. The zero-order valence-corrected chi connectivity index (χ0v) is 13.9. The molecule has 0 aliphatic heterocycles. The van der Waals surface area contributed by atoms with Crippen LogP contribution in [0.25, 0.3) is 0 Å². The minimum atomic E-state index is -0.126. The molecule has 22 heavy (non-hydrogen) atoms. The number of amides is 1. The third-order valence-electron chi connectivity index (χ3n) is 2.89. The largest absolute Gasteiger partial charge is 0.492 e. The number of hydrogen-bond donors (Lipinski definition) is 1. The van der Waals surface area contributed by atoms with Crippen LogP contribution in [-0.2, 0) is 0 Å². The van der Waals surface area contributed by atoms with Crippen LogP contribution in [0.3, 0.4) is 0 Å². The lowest BCUT2D eigenvalue weighted by Crippen LogP contribution is -2.25. The molecule has 1 amide bonds. The third-order valence-corrected chi connectivity index (χ3v) is 4.20. The van der Waals surface area contributed by atoms with E-state index >= 15 is 0 Å². The Morgan fingerprint density at radius 1 is 1.23 bits per heavy atom. The highest BCUT2D eigenvalue weighted by Crippen LogP contribution is 2.25. The maximum Gasteiger partial charge on any atom is 0.251 e. The molecule has 0 aliphatic carbocycles. The summed E-state index contributed by atoms with van der Waals surface area (Å²) in [4.78, 5) is 13.3. The quantitative estimate of drug-likeness (QED) is 0.607. The van der Waals surface area contributed by atoms with E-state index in [2.05, 4.69) is 17.4 Å². The highest BCUT2D eigenvalue weighted by Gasteiger charge is 2.08. The third kappa shape index (κ3) is 4.97. The molecule has 0 heterocycles. The van der Waals surface area contributed by atoms with Crippen molar-refractivity contribution >= 4 is 29.3 Å². The summed E-state index contributed by atoms with van der Waals surface area (Å²) in [6.07, 6.45) is 0. The molecular weight excluding hydrogens is 318 g/mol. The summed E-state index contributed by atoms with van der Waals surface area (Å²) in [6.45, 7) is 3.03. The number of benzene rings is 2. The van der Waals surface area contributed by atoms with Gasteiger partial charge in [0.2, 0.25) is 0 Å². The van der Waals surface area contributed by atoms with Crippen molar-refractivity contribution in [2.75, 3.05) is 18.9 Å². The van der Waals surface area contributed by atoms with E-state index < -0.39 is 0 Å². The summed E-state index contributed by atoms with van der Waals surface area (Å²) < 4.78 is 5.35. The highest BCUT2D eigenvalue weighted by atomic mass is 35.5. The van der Waals surface area contributed by atoms with E-state index in [1.807, 2.05) is 25.1 Å². The summed E-state index contributed by atoms with van der Waals surface area (Å²) in [5.41, 5.74) is 0.540. The molecule has 5 heteroatoms. The Labute approximate surface area is 140 Å². The molecule has 0 fully saturated rings. The van der Waals surface area contributed by atoms with Crippen molar-refractivity contribution in [2.45, 2.75) is 11.8 Å². The number of thioether (sulfide) groups is 1. The van der Waals surface area contributed by atoms with Gasteiger partial charge in [0.1, 0.15) is 5.75 Å². The Kier molecular flexibility index (Phi) is 6.62. The fraction of sp³-hybridized carbons (Fsp3) is 0.235. The van der Waals surface area contributed by atoms with Crippen LogP contribution in [0, 0.1) is 0 Å². The smallest absolute Gasteiger partial charge is 0.251 e. The van der Waals surface area contributed by atoms with Gasteiger partial charge < -0.3 is 10.1 Å². The zero-order valence-electron chi connectivity index (χ0n) is 12.3. The Hall–Kier alpha value is -1.65. The molecular formula is C17H18ClNO2S. The molecule has 1 N–H and O–H groups in total. The first-order valence-corrected chi connectivity index (χ1v) is 8.45. The highest BCUT2D eigenvalue weighted by molar-refractivity contribution is 7.99. The summed E-state index contributed by atoms with van der Waals surface area (Å²) in [6, 6.07) is 15.2. The molecule has 2 aromatic carbocycles. The zero-order chi connectivity index (χ0) is 15.8. The van der Waals surface area contributed by atoms with Crippen LogP contribution in [0.5, 0.6) is 5.75 Å². The van der Waals surface area contributed by atoms with Crippen LogP contribution in [-0.4, -0.2) is 24.8 Å². The van der Waals surface area contributed by atoms with E-state index in [9.17, 15) is 4.79 Å². The van der Waals surface area contributed by atoms with E-state index in [0.717, 1.165) is 5.75 Å². The fourth-order valence-corrected chi connectivity index (χ4v) is 2.89. The van der Waals surface area contributed by atoms with Gasteiger partial charge in [-0.25, -0.2) is 0 Å². The number of nitrogens with one attached hydrogen (secondary N) is 1. The first kappa shape index (κ1) is 16.7. The van der Waals surface area contributed by atoms with Crippen molar-refractivity contribution in [3.05, 3.63) is 59.1 Å². The molecule has 0 aliphatic rings. The van der Waals surface area contributed by atoms with Gasteiger partial charge in [-0.05, 0) is 37.3 Å². The molecule has 0 bridgehead atoms. The van der Waals surface area contributed by atoms with Crippen LogP contribution in [0.15, 0.2) is 53.4 Å². The number of rotatable bonds is 7. The minimum Gasteiger partial charge on any atom is -0.492 e. The second-order valence-corrected chi connectivity index (χ2v) is 6.07. The fourth-order valence-electron chi connectivity index (χ4n) is 1.87. The number of ether oxygens (including phenoxy) is 1. The molecule has 3 nitrogen and oxygen atoms in total. The van der Waals surface area contributed by atoms with Gasteiger partial charge >= 0.3 is 0 Å². The standard InChI is InChI=1S/C17H18ClNO2S/c1-2-21-16-9-8-13(12-15(16)18)17(20)19-10-11-22-14-6-4-3-5-7-14/h3-9,12H,2,10-11H2,1H3,(H,19,20). The van der Waals surface area contributed by atoms with Gasteiger partial charge in [0.25, 0.3) is 5.91 Å². The second kappa shape index (κ2) is 8.71. The van der Waals surface area contributed by atoms with Crippen molar-refractivity contribution < 1.29 is 9.53 Å². The SMILES string of the molecule is CCOc1ccc(C(=O)NCCSc2ccccc2)cc1Cl. The average molecular weight is 336 g/mol. The minimum absolute atomic E-state index is 0.126. The van der Waals surface area contributed by atoms with Crippen LogP contribution in [0.4, 0.5) is 0 Å². The first-order valence-electron chi connectivity index (χ1n) is 7.09. The van der Waals surface area contributed by atoms with Crippen molar-refractivity contribution in [3.8, 4) is 5.75 Å². The van der Waals surface area contributed by atoms with Crippen molar-refractivity contribution in [1.29, 1.82) is 0 Å². The molecule has 0 atom stereocenters. The van der Waals surface area contributed by atoms with Gasteiger partial charge in [0.05, 0.1) is 11.6 Å². The predicted molar refractivity (Wildman–Crippen MR) is 92.1 cm³/mol.